The molecule has 2 aliphatic carbocycles. The van der Waals surface area contributed by atoms with E-state index in [1.807, 2.05) is 0 Å². The van der Waals surface area contributed by atoms with Crippen molar-refractivity contribution in [3.63, 3.8) is 0 Å². The molecule has 3 fully saturated rings. The number of aliphatic hydroxyl groups is 1. The van der Waals surface area contributed by atoms with Crippen LogP contribution in [0.3, 0.4) is 0 Å². The van der Waals surface area contributed by atoms with Gasteiger partial charge in [-0.25, -0.2) is 4.79 Å². The van der Waals surface area contributed by atoms with Gasteiger partial charge in [-0.3, -0.25) is 38.5 Å². The van der Waals surface area contributed by atoms with Crippen LogP contribution in [0.2, 0.25) is 0 Å². The number of hydrogen-bond acceptors (Lipinski definition) is 18. The average Bonchev–Trinajstić information content (AvgIpc) is 3.29. The highest BCUT2D eigenvalue weighted by Gasteiger charge is 2.91. The third kappa shape index (κ3) is 6.37. The Morgan fingerprint density at radius 2 is 1.50 bits per heavy atom. The number of fused-ring (bicyclic) bond motifs is 5. The molecule has 18 nitrogen and oxygen atoms in total. The minimum absolute atomic E-state index is 0.0242. The fraction of sp³-hybridized carbons (Fsp3) is 0.639. The maximum Gasteiger partial charge on any atom is 0.340 e. The number of ketones is 1. The van der Waals surface area contributed by atoms with Crippen LogP contribution in [0.15, 0.2) is 18.3 Å². The van der Waals surface area contributed by atoms with Crippen molar-refractivity contribution in [3.05, 3.63) is 29.6 Å². The van der Waals surface area contributed by atoms with Crippen LogP contribution in [0.5, 0.6) is 0 Å². The smallest absolute Gasteiger partial charge is 0.340 e. The van der Waals surface area contributed by atoms with Crippen LogP contribution in [-0.4, -0.2) is 118 Å². The van der Waals surface area contributed by atoms with Crippen LogP contribution in [0.1, 0.15) is 77.9 Å². The van der Waals surface area contributed by atoms with E-state index in [0.29, 0.717) is 0 Å². The third-order valence-corrected chi connectivity index (χ3v) is 10.6. The molecule has 0 radical (unpaired) electrons. The van der Waals surface area contributed by atoms with Gasteiger partial charge in [-0.1, -0.05) is 6.92 Å². The van der Waals surface area contributed by atoms with Crippen molar-refractivity contribution in [2.24, 2.45) is 17.3 Å². The van der Waals surface area contributed by atoms with Gasteiger partial charge in [0.15, 0.2) is 35.8 Å². The largest absolute Gasteiger partial charge is 0.465 e. The quantitative estimate of drug-likeness (QED) is 0.306. The van der Waals surface area contributed by atoms with Gasteiger partial charge < -0.3 is 43.0 Å². The zero-order chi connectivity index (χ0) is 40.1. The molecule has 3 heterocycles. The van der Waals surface area contributed by atoms with Crippen molar-refractivity contribution < 1.29 is 81.4 Å². The Labute approximate surface area is 309 Å². The molecule has 5 rings (SSSR count). The Bertz CT molecular complexity index is 1770. The van der Waals surface area contributed by atoms with Crippen molar-refractivity contribution in [1.82, 2.24) is 4.98 Å². The summed E-state index contributed by atoms with van der Waals surface area (Å²) in [5.41, 5.74) is -10.0. The molecule has 4 bridgehead atoms. The summed E-state index contributed by atoms with van der Waals surface area (Å²) in [7, 11) is 0. The van der Waals surface area contributed by atoms with Crippen LogP contribution < -0.4 is 0 Å². The molecule has 1 spiro atoms. The summed E-state index contributed by atoms with van der Waals surface area (Å²) in [6.45, 7) is 6.87. The Hall–Kier alpha value is -4.97. The van der Waals surface area contributed by atoms with Crippen LogP contribution in [0.25, 0.3) is 0 Å². The molecule has 18 heteroatoms. The standard InChI is InChI=1S/C36H43NO17/c1-16-11-12-23-22(10-9-13-37-23)32(45)48-14-33(7)24-25(43)28(51-20(5)41)35(15-47-17(2)38)30(52-21(6)42)26(49-18(3)39)29(53-31(16)44)34(8,46)36(35,54-33)27(24)50-19(4)40/h9-10,13,16,24,26-30,46H,11-12,14-15H2,1-8H3/t16-,24-,26-,27+,28+,29-,30-,33-,34?,35+,36-/m0/s1. The molecular formula is C36H43NO17. The van der Waals surface area contributed by atoms with Gasteiger partial charge in [-0.2, -0.15) is 0 Å². The van der Waals surface area contributed by atoms with Crippen LogP contribution >= 0.6 is 0 Å². The predicted octanol–water partition coefficient (Wildman–Crippen LogP) is 0.500. The van der Waals surface area contributed by atoms with E-state index in [-0.39, 0.29) is 24.1 Å². The average molecular weight is 762 g/mol. The highest BCUT2D eigenvalue weighted by atomic mass is 16.7. The van der Waals surface area contributed by atoms with E-state index in [1.54, 1.807) is 0 Å². The summed E-state index contributed by atoms with van der Waals surface area (Å²) in [4.78, 5) is 111. The summed E-state index contributed by atoms with van der Waals surface area (Å²) >= 11 is 0. The van der Waals surface area contributed by atoms with Gasteiger partial charge in [0.2, 0.25) is 0 Å². The SMILES string of the molecule is CC(=O)OC[C@]12[C@H](OC(C)=O)C(=O)[C@H]3[C@@H](OC(C)=O)[C@@]14O[C@@]3(C)COC(=O)c1cccnc1CC[C@H](C)C(=O)O[C@@H]([C@H](OC(C)=O)[C@@H]2OC(C)=O)C4(C)O. The second kappa shape index (κ2) is 14.4. The number of carbonyl (C=O) groups is 8. The molecule has 2 aliphatic heterocycles. The fourth-order valence-electron chi connectivity index (χ4n) is 8.61. The molecule has 2 saturated carbocycles. The van der Waals surface area contributed by atoms with Gasteiger partial charge in [0.25, 0.3) is 0 Å². The number of aromatic nitrogens is 1. The molecule has 1 aromatic rings. The number of nitrogens with zero attached hydrogens (tertiary/aromatic N) is 1. The van der Waals surface area contributed by atoms with Gasteiger partial charge in [0.1, 0.15) is 35.9 Å². The van der Waals surface area contributed by atoms with Crippen molar-refractivity contribution >= 4 is 47.6 Å². The molecule has 0 amide bonds. The Kier molecular flexibility index (Phi) is 10.7. The highest BCUT2D eigenvalue weighted by Crippen LogP contribution is 2.68. The molecular weight excluding hydrogens is 718 g/mol. The number of hydrogen-bond donors (Lipinski definition) is 1. The Balaban J connectivity index is 1.94. The molecule has 294 valence electrons. The van der Waals surface area contributed by atoms with E-state index >= 15 is 4.79 Å². The summed E-state index contributed by atoms with van der Waals surface area (Å²) in [6.07, 6.45) is -8.78. The summed E-state index contributed by atoms with van der Waals surface area (Å²) < 4.78 is 47.2. The Morgan fingerprint density at radius 1 is 0.889 bits per heavy atom. The Morgan fingerprint density at radius 3 is 2.09 bits per heavy atom. The number of esters is 7. The van der Waals surface area contributed by atoms with Crippen molar-refractivity contribution in [3.8, 4) is 0 Å². The lowest BCUT2D eigenvalue weighted by atomic mass is 9.45. The van der Waals surface area contributed by atoms with Gasteiger partial charge in [0.05, 0.1) is 23.1 Å². The first-order valence-electron chi connectivity index (χ1n) is 17.2. The lowest BCUT2D eigenvalue weighted by Crippen LogP contribution is -2.88. The summed E-state index contributed by atoms with van der Waals surface area (Å²) in [5.74, 6) is -10.9. The van der Waals surface area contributed by atoms with Gasteiger partial charge in [-0.05, 0) is 38.8 Å². The molecule has 1 N–H and O–H groups in total. The number of Topliss-reactive ketones (excluding diaryl/α,β-unsaturated/α-hetero) is 1. The van der Waals surface area contributed by atoms with E-state index < -0.39 is 125 Å². The number of pyridine rings is 1. The normalized spacial score (nSPS) is 37.3. The second-order valence-electron chi connectivity index (χ2n) is 14.5. The zero-order valence-electron chi connectivity index (χ0n) is 31.0. The van der Waals surface area contributed by atoms with E-state index in [0.717, 1.165) is 41.5 Å². The highest BCUT2D eigenvalue weighted by molar-refractivity contribution is 5.94. The van der Waals surface area contributed by atoms with E-state index in [9.17, 15) is 38.7 Å². The number of aryl methyl sites for hydroxylation is 1. The number of rotatable bonds is 6. The van der Waals surface area contributed by atoms with Crippen LogP contribution in [-0.2, 0) is 77.9 Å². The lowest BCUT2D eigenvalue weighted by molar-refractivity contribution is -0.376. The fourth-order valence-corrected chi connectivity index (χ4v) is 8.61. The molecule has 11 atom stereocenters. The van der Waals surface area contributed by atoms with E-state index in [4.69, 9.17) is 37.9 Å². The summed E-state index contributed by atoms with van der Waals surface area (Å²) in [5, 5.41) is 13.2. The molecule has 4 aliphatic rings. The second-order valence-corrected chi connectivity index (χ2v) is 14.5. The molecule has 1 aromatic heterocycles. The first-order valence-corrected chi connectivity index (χ1v) is 17.2. The predicted molar refractivity (Wildman–Crippen MR) is 175 cm³/mol. The zero-order valence-corrected chi connectivity index (χ0v) is 31.0. The van der Waals surface area contributed by atoms with Crippen molar-refractivity contribution in [1.29, 1.82) is 0 Å². The molecule has 0 aromatic carbocycles. The topological polar surface area (TPSA) is 244 Å². The van der Waals surface area contributed by atoms with Gasteiger partial charge in [0, 0.05) is 40.8 Å². The van der Waals surface area contributed by atoms with Crippen molar-refractivity contribution in [2.45, 2.75) is 116 Å². The minimum atomic E-state index is -2.80. The lowest BCUT2D eigenvalue weighted by Gasteiger charge is -2.66. The third-order valence-electron chi connectivity index (χ3n) is 10.6. The van der Waals surface area contributed by atoms with E-state index in [1.165, 1.54) is 32.2 Å². The van der Waals surface area contributed by atoms with Crippen LogP contribution in [0, 0.1) is 17.3 Å². The van der Waals surface area contributed by atoms with Gasteiger partial charge in [-0.15, -0.1) is 0 Å². The van der Waals surface area contributed by atoms with Crippen LogP contribution in [0.4, 0.5) is 0 Å². The molecule has 54 heavy (non-hydrogen) atoms. The van der Waals surface area contributed by atoms with Crippen molar-refractivity contribution in [2.75, 3.05) is 13.2 Å². The first-order chi connectivity index (χ1) is 25.1. The monoisotopic (exact) mass is 761 g/mol. The molecule has 1 saturated heterocycles. The molecule has 1 unspecified atom stereocenters. The number of ether oxygens (including phenoxy) is 8. The number of carbonyl (C=O) groups excluding carboxylic acids is 8. The minimum Gasteiger partial charge on any atom is -0.465 e. The summed E-state index contributed by atoms with van der Waals surface area (Å²) in [6, 6.07) is 2.93. The van der Waals surface area contributed by atoms with E-state index in [2.05, 4.69) is 4.98 Å². The first kappa shape index (κ1) is 40.2. The van der Waals surface area contributed by atoms with Gasteiger partial charge >= 0.3 is 41.8 Å². The number of cyclic esters (lactones) is 1. The maximum absolute atomic E-state index is 15.1. The maximum atomic E-state index is 15.1.